The van der Waals surface area contributed by atoms with Crippen molar-refractivity contribution in [3.05, 3.63) is 71.4 Å². The monoisotopic (exact) mass is 301 g/mol. The number of anilines is 1. The Kier molecular flexibility index (Phi) is 3.28. The molecule has 5 nitrogen and oxygen atoms in total. The second-order valence-electron chi connectivity index (χ2n) is 5.55. The summed E-state index contributed by atoms with van der Waals surface area (Å²) in [5.74, 6) is 0.658. The summed E-state index contributed by atoms with van der Waals surface area (Å²) in [4.78, 5) is 3.67. The van der Waals surface area contributed by atoms with Gasteiger partial charge in [-0.25, -0.2) is 0 Å². The van der Waals surface area contributed by atoms with Crippen LogP contribution in [0.3, 0.4) is 0 Å². The molecule has 4 rings (SSSR count). The van der Waals surface area contributed by atoms with Crippen LogP contribution in [0.25, 0.3) is 5.69 Å². The number of hydrogen-bond donors (Lipinski definition) is 0. The van der Waals surface area contributed by atoms with Gasteiger partial charge < -0.3 is 4.90 Å². The van der Waals surface area contributed by atoms with Gasteiger partial charge in [0.05, 0.1) is 5.69 Å². The standard InChI is InChI=1S/C18H15N5/c19-12-17-18(21-23(20-17)16-8-2-1-3-9-16)22-11-10-14-6-4-5-7-15(14)13-22/h1-9H,10-11,13H2. The molecule has 3 aromatic rings. The summed E-state index contributed by atoms with van der Waals surface area (Å²) in [5.41, 5.74) is 3.88. The van der Waals surface area contributed by atoms with Crippen LogP contribution < -0.4 is 4.90 Å². The molecule has 112 valence electrons. The minimum atomic E-state index is 0.369. The Labute approximate surface area is 134 Å². The van der Waals surface area contributed by atoms with Crippen LogP contribution in [-0.2, 0) is 13.0 Å². The van der Waals surface area contributed by atoms with E-state index in [1.165, 1.54) is 15.9 Å². The Hall–Kier alpha value is -3.13. The smallest absolute Gasteiger partial charge is 0.207 e. The maximum atomic E-state index is 9.41. The van der Waals surface area contributed by atoms with E-state index in [1.807, 2.05) is 36.4 Å². The lowest BCUT2D eigenvalue weighted by Crippen LogP contribution is -2.31. The molecule has 0 N–H and O–H groups in total. The average Bonchev–Trinajstić information content (AvgIpc) is 3.06. The first-order valence-electron chi connectivity index (χ1n) is 7.60. The van der Waals surface area contributed by atoms with Crippen LogP contribution in [0, 0.1) is 11.3 Å². The number of benzene rings is 2. The molecular formula is C18H15N5. The highest BCUT2D eigenvalue weighted by atomic mass is 15.5. The maximum Gasteiger partial charge on any atom is 0.207 e. The van der Waals surface area contributed by atoms with Gasteiger partial charge in [0.1, 0.15) is 6.07 Å². The number of aromatic nitrogens is 3. The minimum absolute atomic E-state index is 0.369. The average molecular weight is 301 g/mol. The van der Waals surface area contributed by atoms with E-state index in [9.17, 15) is 5.26 Å². The molecule has 0 saturated carbocycles. The molecule has 0 aliphatic carbocycles. The zero-order valence-electron chi connectivity index (χ0n) is 12.6. The van der Waals surface area contributed by atoms with Crippen molar-refractivity contribution in [2.75, 3.05) is 11.4 Å². The molecule has 0 bridgehead atoms. The summed E-state index contributed by atoms with van der Waals surface area (Å²) in [6.45, 7) is 1.61. The van der Waals surface area contributed by atoms with E-state index in [4.69, 9.17) is 0 Å². The highest BCUT2D eigenvalue weighted by Crippen LogP contribution is 2.25. The topological polar surface area (TPSA) is 57.7 Å². The number of nitriles is 1. The summed E-state index contributed by atoms with van der Waals surface area (Å²) in [6, 6.07) is 20.3. The van der Waals surface area contributed by atoms with Crippen molar-refractivity contribution in [3.8, 4) is 11.8 Å². The van der Waals surface area contributed by atoms with E-state index < -0.39 is 0 Å². The molecule has 0 saturated heterocycles. The molecule has 0 atom stereocenters. The Bertz CT molecular complexity index is 876. The third-order valence-electron chi connectivity index (χ3n) is 4.12. The fourth-order valence-corrected chi connectivity index (χ4v) is 2.94. The van der Waals surface area contributed by atoms with E-state index in [2.05, 4.69) is 39.4 Å². The summed E-state index contributed by atoms with van der Waals surface area (Å²) in [6.07, 6.45) is 0.958. The third kappa shape index (κ3) is 2.44. The second-order valence-corrected chi connectivity index (χ2v) is 5.55. The summed E-state index contributed by atoms with van der Waals surface area (Å²) in [5, 5.41) is 18.3. The van der Waals surface area contributed by atoms with Gasteiger partial charge in [-0.15, -0.1) is 15.0 Å². The van der Waals surface area contributed by atoms with Crippen molar-refractivity contribution in [3.63, 3.8) is 0 Å². The van der Waals surface area contributed by atoms with E-state index >= 15 is 0 Å². The van der Waals surface area contributed by atoms with Gasteiger partial charge in [-0.1, -0.05) is 42.5 Å². The molecule has 1 aromatic heterocycles. The van der Waals surface area contributed by atoms with Crippen LogP contribution in [0.15, 0.2) is 54.6 Å². The van der Waals surface area contributed by atoms with E-state index in [1.54, 1.807) is 0 Å². The first-order chi connectivity index (χ1) is 11.3. The molecule has 0 radical (unpaired) electrons. The van der Waals surface area contributed by atoms with Gasteiger partial charge in [0, 0.05) is 13.1 Å². The predicted octanol–water partition coefficient (Wildman–Crippen LogP) is 2.70. The van der Waals surface area contributed by atoms with Gasteiger partial charge in [0.2, 0.25) is 5.69 Å². The number of rotatable bonds is 2. The van der Waals surface area contributed by atoms with Gasteiger partial charge >= 0.3 is 0 Å². The summed E-state index contributed by atoms with van der Waals surface area (Å²) >= 11 is 0. The van der Waals surface area contributed by atoms with Crippen LogP contribution >= 0.6 is 0 Å². The van der Waals surface area contributed by atoms with E-state index in [0.717, 1.165) is 25.2 Å². The fraction of sp³-hybridized carbons (Fsp3) is 0.167. The van der Waals surface area contributed by atoms with Gasteiger partial charge in [-0.05, 0) is 29.7 Å². The molecule has 23 heavy (non-hydrogen) atoms. The Morgan fingerprint density at radius 1 is 0.913 bits per heavy atom. The molecular weight excluding hydrogens is 286 g/mol. The quantitative estimate of drug-likeness (QED) is 0.730. The van der Waals surface area contributed by atoms with Gasteiger partial charge in [0.25, 0.3) is 0 Å². The van der Waals surface area contributed by atoms with Crippen molar-refractivity contribution in [1.82, 2.24) is 15.0 Å². The molecule has 0 unspecified atom stereocenters. The van der Waals surface area contributed by atoms with E-state index in [-0.39, 0.29) is 0 Å². The number of para-hydroxylation sites is 1. The maximum absolute atomic E-state index is 9.41. The van der Waals surface area contributed by atoms with Gasteiger partial charge in [0.15, 0.2) is 5.82 Å². The highest BCUT2D eigenvalue weighted by molar-refractivity contribution is 5.52. The first-order valence-corrected chi connectivity index (χ1v) is 7.60. The lowest BCUT2D eigenvalue weighted by molar-refractivity contribution is 0.699. The van der Waals surface area contributed by atoms with Crippen LogP contribution in [0.2, 0.25) is 0 Å². The van der Waals surface area contributed by atoms with Crippen molar-refractivity contribution >= 4 is 5.82 Å². The SMILES string of the molecule is N#Cc1nn(-c2ccccc2)nc1N1CCc2ccccc2C1. The molecule has 1 aliphatic rings. The normalized spacial score (nSPS) is 13.4. The molecule has 0 spiro atoms. The highest BCUT2D eigenvalue weighted by Gasteiger charge is 2.22. The second kappa shape index (κ2) is 5.58. The first kappa shape index (κ1) is 13.5. The van der Waals surface area contributed by atoms with Crippen molar-refractivity contribution in [1.29, 1.82) is 5.26 Å². The summed E-state index contributed by atoms with van der Waals surface area (Å²) in [7, 11) is 0. The fourth-order valence-electron chi connectivity index (χ4n) is 2.94. The van der Waals surface area contributed by atoms with E-state index in [0.29, 0.717) is 11.5 Å². The van der Waals surface area contributed by atoms with Crippen molar-refractivity contribution in [2.45, 2.75) is 13.0 Å². The zero-order chi connectivity index (χ0) is 15.6. The molecule has 5 heteroatoms. The summed E-state index contributed by atoms with van der Waals surface area (Å²) < 4.78 is 0. The Morgan fingerprint density at radius 3 is 2.43 bits per heavy atom. The lowest BCUT2D eigenvalue weighted by atomic mass is 10.00. The molecule has 0 amide bonds. The number of hydrogen-bond acceptors (Lipinski definition) is 4. The third-order valence-corrected chi connectivity index (χ3v) is 4.12. The number of nitrogens with zero attached hydrogens (tertiary/aromatic N) is 5. The van der Waals surface area contributed by atoms with Crippen LogP contribution in [0.4, 0.5) is 5.82 Å². The van der Waals surface area contributed by atoms with Gasteiger partial charge in [-0.2, -0.15) is 5.26 Å². The largest absolute Gasteiger partial charge is 0.348 e. The van der Waals surface area contributed by atoms with Crippen molar-refractivity contribution < 1.29 is 0 Å². The van der Waals surface area contributed by atoms with Crippen LogP contribution in [0.1, 0.15) is 16.8 Å². The molecule has 0 fully saturated rings. The zero-order valence-corrected chi connectivity index (χ0v) is 12.6. The minimum Gasteiger partial charge on any atom is -0.348 e. The molecule has 2 aromatic carbocycles. The Morgan fingerprint density at radius 2 is 1.65 bits per heavy atom. The van der Waals surface area contributed by atoms with Crippen LogP contribution in [0.5, 0.6) is 0 Å². The van der Waals surface area contributed by atoms with Crippen LogP contribution in [-0.4, -0.2) is 21.5 Å². The van der Waals surface area contributed by atoms with Crippen molar-refractivity contribution in [2.24, 2.45) is 0 Å². The van der Waals surface area contributed by atoms with Gasteiger partial charge in [-0.3, -0.25) is 0 Å². The molecule has 1 aliphatic heterocycles. The molecule has 2 heterocycles. The Balaban J connectivity index is 1.70. The number of fused-ring (bicyclic) bond motifs is 1. The predicted molar refractivity (Wildman–Crippen MR) is 87.3 cm³/mol. The lowest BCUT2D eigenvalue weighted by Gasteiger charge is -2.28.